The van der Waals surface area contributed by atoms with Gasteiger partial charge in [0, 0.05) is 22.0 Å². The number of thioether (sulfide) groups is 2. The Bertz CT molecular complexity index is 222. The van der Waals surface area contributed by atoms with Crippen LogP contribution in [-0.4, -0.2) is 33.2 Å². The maximum atomic E-state index is 10.6. The Kier molecular flexibility index (Phi) is 4.92. The molecule has 2 fully saturated rings. The first-order chi connectivity index (χ1) is 7.68. The minimum Gasteiger partial charge on any atom is -0.392 e. The molecule has 94 valence electrons. The third-order valence-electron chi connectivity index (χ3n) is 4.03. The molecule has 1 aliphatic carbocycles. The summed E-state index contributed by atoms with van der Waals surface area (Å²) >= 11 is 4.04. The Balaban J connectivity index is 1.91. The van der Waals surface area contributed by atoms with Gasteiger partial charge in [-0.05, 0) is 24.7 Å². The molecule has 5 atom stereocenters. The smallest absolute Gasteiger partial charge is 0.0697 e. The van der Waals surface area contributed by atoms with Crippen molar-refractivity contribution in [3.8, 4) is 0 Å². The molecular weight excluding hydrogens is 236 g/mol. The van der Waals surface area contributed by atoms with E-state index in [0.717, 1.165) is 5.92 Å². The summed E-state index contributed by atoms with van der Waals surface area (Å²) in [5.41, 5.74) is 0. The summed E-state index contributed by atoms with van der Waals surface area (Å²) in [7, 11) is 0. The lowest BCUT2D eigenvalue weighted by atomic mass is 9.78. The van der Waals surface area contributed by atoms with E-state index in [9.17, 15) is 5.11 Å². The molecule has 16 heavy (non-hydrogen) atoms. The van der Waals surface area contributed by atoms with Crippen molar-refractivity contribution in [2.45, 2.75) is 56.1 Å². The number of aliphatic hydroxyl groups is 1. The van der Waals surface area contributed by atoms with Gasteiger partial charge in [0.2, 0.25) is 0 Å². The van der Waals surface area contributed by atoms with Crippen molar-refractivity contribution in [2.24, 2.45) is 11.8 Å². The minimum absolute atomic E-state index is 0.0597. The molecule has 0 spiro atoms. The Labute approximate surface area is 108 Å². The molecule has 1 saturated carbocycles. The molecular formula is C13H24OS2. The molecule has 5 unspecified atom stereocenters. The summed E-state index contributed by atoms with van der Waals surface area (Å²) in [6, 6.07) is 0. The van der Waals surface area contributed by atoms with Gasteiger partial charge in [-0.3, -0.25) is 0 Å². The Morgan fingerprint density at radius 2 is 1.88 bits per heavy atom. The SMILES string of the molecule is CC1CCCC(C(O)C2SCCSC2C)C1. The maximum Gasteiger partial charge on any atom is 0.0697 e. The summed E-state index contributed by atoms with van der Waals surface area (Å²) in [6.45, 7) is 4.63. The standard InChI is InChI=1S/C13H24OS2/c1-9-4-3-5-11(8-9)12(14)13-10(2)15-6-7-16-13/h9-14H,3-8H2,1-2H3. The molecule has 0 bridgehead atoms. The average molecular weight is 260 g/mol. The number of hydrogen-bond donors (Lipinski definition) is 1. The fourth-order valence-corrected chi connectivity index (χ4v) is 6.01. The van der Waals surface area contributed by atoms with Crippen molar-refractivity contribution in [3.05, 3.63) is 0 Å². The van der Waals surface area contributed by atoms with Crippen LogP contribution in [0.4, 0.5) is 0 Å². The summed E-state index contributed by atoms with van der Waals surface area (Å²) in [5.74, 6) is 3.88. The van der Waals surface area contributed by atoms with Gasteiger partial charge in [0.1, 0.15) is 0 Å². The van der Waals surface area contributed by atoms with Gasteiger partial charge in [-0.15, -0.1) is 0 Å². The van der Waals surface area contributed by atoms with Crippen LogP contribution in [0.3, 0.4) is 0 Å². The predicted octanol–water partition coefficient (Wildman–Crippen LogP) is 3.41. The monoisotopic (exact) mass is 260 g/mol. The van der Waals surface area contributed by atoms with Crippen LogP contribution in [0, 0.1) is 11.8 Å². The third-order valence-corrected chi connectivity index (χ3v) is 7.23. The van der Waals surface area contributed by atoms with Crippen LogP contribution in [0.2, 0.25) is 0 Å². The molecule has 1 aliphatic heterocycles. The summed E-state index contributed by atoms with van der Waals surface area (Å²) < 4.78 is 0. The number of aliphatic hydroxyl groups excluding tert-OH is 1. The van der Waals surface area contributed by atoms with E-state index < -0.39 is 0 Å². The Hall–Kier alpha value is 0.660. The van der Waals surface area contributed by atoms with E-state index in [2.05, 4.69) is 13.8 Å². The second kappa shape index (κ2) is 6.01. The van der Waals surface area contributed by atoms with E-state index >= 15 is 0 Å². The molecule has 0 radical (unpaired) electrons. The largest absolute Gasteiger partial charge is 0.392 e. The molecule has 1 nitrogen and oxygen atoms in total. The average Bonchev–Trinajstić information content (AvgIpc) is 2.29. The van der Waals surface area contributed by atoms with Crippen molar-refractivity contribution in [1.82, 2.24) is 0 Å². The van der Waals surface area contributed by atoms with Crippen molar-refractivity contribution in [3.63, 3.8) is 0 Å². The quantitative estimate of drug-likeness (QED) is 0.821. The predicted molar refractivity (Wildman–Crippen MR) is 75.3 cm³/mol. The first-order valence-corrected chi connectivity index (χ1v) is 8.69. The first-order valence-electron chi connectivity index (χ1n) is 6.59. The van der Waals surface area contributed by atoms with Crippen LogP contribution in [-0.2, 0) is 0 Å². The van der Waals surface area contributed by atoms with E-state index in [0.29, 0.717) is 16.4 Å². The van der Waals surface area contributed by atoms with Crippen LogP contribution in [0.25, 0.3) is 0 Å². The number of hydrogen-bond acceptors (Lipinski definition) is 3. The van der Waals surface area contributed by atoms with Crippen LogP contribution in [0.5, 0.6) is 0 Å². The summed E-state index contributed by atoms with van der Waals surface area (Å²) in [5, 5.41) is 11.7. The van der Waals surface area contributed by atoms with Gasteiger partial charge in [-0.2, -0.15) is 23.5 Å². The molecule has 1 saturated heterocycles. The van der Waals surface area contributed by atoms with Crippen molar-refractivity contribution in [1.29, 1.82) is 0 Å². The van der Waals surface area contributed by atoms with Gasteiger partial charge in [0.05, 0.1) is 6.10 Å². The van der Waals surface area contributed by atoms with Gasteiger partial charge in [0.25, 0.3) is 0 Å². The number of rotatable bonds is 2. The molecule has 1 heterocycles. The molecule has 0 aromatic rings. The van der Waals surface area contributed by atoms with Gasteiger partial charge >= 0.3 is 0 Å². The van der Waals surface area contributed by atoms with E-state index in [1.165, 1.54) is 37.2 Å². The Morgan fingerprint density at radius 1 is 1.12 bits per heavy atom. The molecule has 2 rings (SSSR count). The second-order valence-electron chi connectivity index (χ2n) is 5.43. The highest BCUT2D eigenvalue weighted by Gasteiger charge is 2.35. The van der Waals surface area contributed by atoms with E-state index in [-0.39, 0.29) is 6.10 Å². The summed E-state index contributed by atoms with van der Waals surface area (Å²) in [6.07, 6.45) is 5.12. The molecule has 0 aromatic heterocycles. The van der Waals surface area contributed by atoms with E-state index in [1.54, 1.807) is 0 Å². The van der Waals surface area contributed by atoms with Crippen LogP contribution >= 0.6 is 23.5 Å². The molecule has 2 aliphatic rings. The highest BCUT2D eigenvalue weighted by molar-refractivity contribution is 8.07. The molecule has 1 N–H and O–H groups in total. The van der Waals surface area contributed by atoms with Gasteiger partial charge in [0.15, 0.2) is 0 Å². The lowest BCUT2D eigenvalue weighted by molar-refractivity contribution is 0.0699. The van der Waals surface area contributed by atoms with Crippen LogP contribution in [0.1, 0.15) is 39.5 Å². The normalized spacial score (nSPS) is 42.9. The van der Waals surface area contributed by atoms with E-state index in [4.69, 9.17) is 0 Å². The zero-order chi connectivity index (χ0) is 11.5. The highest BCUT2D eigenvalue weighted by atomic mass is 32.2. The van der Waals surface area contributed by atoms with E-state index in [1.807, 2.05) is 23.5 Å². The van der Waals surface area contributed by atoms with Crippen LogP contribution in [0.15, 0.2) is 0 Å². The van der Waals surface area contributed by atoms with Crippen molar-refractivity contribution in [2.75, 3.05) is 11.5 Å². The van der Waals surface area contributed by atoms with Gasteiger partial charge in [-0.25, -0.2) is 0 Å². The Morgan fingerprint density at radius 3 is 2.56 bits per heavy atom. The zero-order valence-electron chi connectivity index (χ0n) is 10.4. The van der Waals surface area contributed by atoms with Crippen molar-refractivity contribution < 1.29 is 5.11 Å². The molecule has 0 amide bonds. The van der Waals surface area contributed by atoms with Gasteiger partial charge in [-0.1, -0.05) is 26.7 Å². The fourth-order valence-electron chi connectivity index (χ4n) is 3.08. The lowest BCUT2D eigenvalue weighted by Crippen LogP contribution is -2.41. The zero-order valence-corrected chi connectivity index (χ0v) is 12.0. The first kappa shape index (κ1) is 13.1. The maximum absolute atomic E-state index is 10.6. The summed E-state index contributed by atoms with van der Waals surface area (Å²) in [4.78, 5) is 0. The molecule has 3 heteroatoms. The van der Waals surface area contributed by atoms with Crippen LogP contribution < -0.4 is 0 Å². The van der Waals surface area contributed by atoms with Crippen molar-refractivity contribution >= 4 is 23.5 Å². The van der Waals surface area contributed by atoms with Gasteiger partial charge < -0.3 is 5.11 Å². The topological polar surface area (TPSA) is 20.2 Å². The molecule has 0 aromatic carbocycles. The lowest BCUT2D eigenvalue weighted by Gasteiger charge is -2.38. The highest BCUT2D eigenvalue weighted by Crippen LogP contribution is 2.39. The third kappa shape index (κ3) is 3.11. The minimum atomic E-state index is -0.0597. The second-order valence-corrected chi connectivity index (χ2v) is 8.20. The fraction of sp³-hybridized carbons (Fsp3) is 1.00.